The predicted molar refractivity (Wildman–Crippen MR) is 94.2 cm³/mol. The smallest absolute Gasteiger partial charge is 0.393 e. The summed E-state index contributed by atoms with van der Waals surface area (Å²) < 4.78 is 36.0. The van der Waals surface area contributed by atoms with E-state index in [9.17, 15) is 13.5 Å². The van der Waals surface area contributed by atoms with Gasteiger partial charge in [-0.25, -0.2) is 4.18 Å². The minimum absolute atomic E-state index is 0.107. The van der Waals surface area contributed by atoms with Crippen LogP contribution in [0.1, 0.15) is 71.6 Å². The van der Waals surface area contributed by atoms with Gasteiger partial charge in [-0.3, -0.25) is 4.55 Å². The molecule has 4 fully saturated rings. The Labute approximate surface area is 151 Å². The molecular formula is C19H32O5S. The summed E-state index contributed by atoms with van der Waals surface area (Å²) in [6.07, 6.45) is 8.65. The third-order valence-electron chi connectivity index (χ3n) is 8.83. The maximum absolute atomic E-state index is 11.1. The van der Waals surface area contributed by atoms with Gasteiger partial charge in [0, 0.05) is 0 Å². The van der Waals surface area contributed by atoms with Crippen molar-refractivity contribution in [2.24, 2.45) is 34.5 Å². The molecule has 4 aliphatic carbocycles. The van der Waals surface area contributed by atoms with Crippen LogP contribution in [0.4, 0.5) is 0 Å². The highest BCUT2D eigenvalue weighted by Crippen LogP contribution is 2.66. The van der Waals surface area contributed by atoms with Crippen LogP contribution < -0.4 is 0 Å². The van der Waals surface area contributed by atoms with E-state index in [0.29, 0.717) is 30.1 Å². The molecule has 0 radical (unpaired) electrons. The van der Waals surface area contributed by atoms with Gasteiger partial charge in [0.2, 0.25) is 0 Å². The van der Waals surface area contributed by atoms with Crippen LogP contribution in [0.15, 0.2) is 0 Å². The molecule has 0 heterocycles. The van der Waals surface area contributed by atoms with Gasteiger partial charge in [-0.05, 0) is 92.3 Å². The van der Waals surface area contributed by atoms with Gasteiger partial charge >= 0.3 is 10.4 Å². The molecule has 2 N–H and O–H groups in total. The lowest BCUT2D eigenvalue weighted by Gasteiger charge is -2.60. The second-order valence-corrected chi connectivity index (χ2v) is 10.8. The molecule has 25 heavy (non-hydrogen) atoms. The topological polar surface area (TPSA) is 83.8 Å². The third-order valence-corrected chi connectivity index (χ3v) is 9.34. The van der Waals surface area contributed by atoms with Gasteiger partial charge in [-0.2, -0.15) is 8.42 Å². The quantitative estimate of drug-likeness (QED) is 0.724. The lowest BCUT2D eigenvalue weighted by molar-refractivity contribution is -0.131. The molecule has 0 aromatic heterocycles. The molecule has 4 rings (SSSR count). The van der Waals surface area contributed by atoms with Crippen LogP contribution in [-0.2, 0) is 14.6 Å². The van der Waals surface area contributed by atoms with Crippen molar-refractivity contribution in [3.63, 3.8) is 0 Å². The minimum atomic E-state index is -4.36. The summed E-state index contributed by atoms with van der Waals surface area (Å²) in [5.41, 5.74) is 0.354. The SMILES string of the molecule is C[C@]12CC[C@@H](OS(=O)(=O)O)C[C@@H]1CC[C@@H]1[C@@H]2CC[C@]2(C)[C@H](O)CC[C@@H]12. The molecule has 0 saturated heterocycles. The maximum atomic E-state index is 11.1. The van der Waals surface area contributed by atoms with E-state index in [1.165, 1.54) is 12.8 Å². The first-order chi connectivity index (χ1) is 11.6. The lowest BCUT2D eigenvalue weighted by atomic mass is 9.45. The molecule has 4 aliphatic rings. The molecule has 144 valence electrons. The summed E-state index contributed by atoms with van der Waals surface area (Å²) >= 11 is 0. The highest BCUT2D eigenvalue weighted by molar-refractivity contribution is 7.80. The molecule has 0 bridgehead atoms. The van der Waals surface area contributed by atoms with Crippen molar-refractivity contribution >= 4 is 10.4 Å². The van der Waals surface area contributed by atoms with Gasteiger partial charge in [-0.15, -0.1) is 0 Å². The fourth-order valence-corrected chi connectivity index (χ4v) is 7.97. The first-order valence-corrected chi connectivity index (χ1v) is 11.3. The van der Waals surface area contributed by atoms with E-state index < -0.39 is 10.4 Å². The molecule has 5 nitrogen and oxygen atoms in total. The molecule has 0 unspecified atom stereocenters. The zero-order valence-corrected chi connectivity index (χ0v) is 16.2. The van der Waals surface area contributed by atoms with Crippen molar-refractivity contribution in [3.05, 3.63) is 0 Å². The van der Waals surface area contributed by atoms with Gasteiger partial charge < -0.3 is 5.11 Å². The van der Waals surface area contributed by atoms with Gasteiger partial charge in [0.15, 0.2) is 0 Å². The first kappa shape index (κ1) is 18.2. The van der Waals surface area contributed by atoms with Crippen LogP contribution in [0.2, 0.25) is 0 Å². The number of hydrogen-bond acceptors (Lipinski definition) is 4. The standard InChI is InChI=1S/C19H32O5S/c1-18-9-7-13(24-25(21,22)23)11-12(18)3-4-14-15-5-6-17(20)19(15,2)10-8-16(14)18/h12-17,20H,3-11H2,1-2H3,(H,21,22,23)/t12-,13+,14-,15-,16-,17+,18-,19-/m0/s1. The monoisotopic (exact) mass is 372 g/mol. The second-order valence-electron chi connectivity index (χ2n) is 9.71. The molecule has 8 atom stereocenters. The van der Waals surface area contributed by atoms with Crippen LogP contribution >= 0.6 is 0 Å². The van der Waals surface area contributed by atoms with Gasteiger partial charge in [0.1, 0.15) is 0 Å². The molecule has 0 aromatic rings. The summed E-state index contributed by atoms with van der Waals surface area (Å²) in [4.78, 5) is 0. The predicted octanol–water partition coefficient (Wildman–Crippen LogP) is 3.58. The Hall–Kier alpha value is -0.170. The summed E-state index contributed by atoms with van der Waals surface area (Å²) in [7, 11) is -4.36. The van der Waals surface area contributed by atoms with Crippen molar-refractivity contribution in [3.8, 4) is 0 Å². The van der Waals surface area contributed by atoms with Crippen LogP contribution in [0.25, 0.3) is 0 Å². The van der Waals surface area contributed by atoms with Crippen molar-refractivity contribution in [2.45, 2.75) is 83.8 Å². The van der Waals surface area contributed by atoms with E-state index in [1.807, 2.05) is 0 Å². The van der Waals surface area contributed by atoms with Crippen LogP contribution in [-0.4, -0.2) is 30.3 Å². The number of hydrogen-bond donors (Lipinski definition) is 2. The Bertz CT molecular complexity index is 634. The van der Waals surface area contributed by atoms with E-state index in [2.05, 4.69) is 13.8 Å². The molecule has 6 heteroatoms. The average Bonchev–Trinajstić information content (AvgIpc) is 2.82. The molecule has 0 aliphatic heterocycles. The van der Waals surface area contributed by atoms with Gasteiger partial charge in [0.25, 0.3) is 0 Å². The van der Waals surface area contributed by atoms with Gasteiger partial charge in [0.05, 0.1) is 12.2 Å². The Balaban J connectivity index is 1.53. The number of fused-ring (bicyclic) bond motifs is 5. The summed E-state index contributed by atoms with van der Waals surface area (Å²) in [6, 6.07) is 0. The first-order valence-electron chi connectivity index (χ1n) is 9.97. The lowest BCUT2D eigenvalue weighted by Crippen LogP contribution is -2.54. The van der Waals surface area contributed by atoms with Crippen molar-refractivity contribution in [1.29, 1.82) is 0 Å². The highest BCUT2D eigenvalue weighted by atomic mass is 32.3. The van der Waals surface area contributed by atoms with Crippen LogP contribution in [0, 0.1) is 34.5 Å². The second kappa shape index (κ2) is 5.91. The Morgan fingerprint density at radius 2 is 1.60 bits per heavy atom. The van der Waals surface area contributed by atoms with Crippen molar-refractivity contribution in [1.82, 2.24) is 0 Å². The number of aliphatic hydroxyl groups excluding tert-OH is 1. The Morgan fingerprint density at radius 1 is 0.920 bits per heavy atom. The molecule has 4 saturated carbocycles. The molecular weight excluding hydrogens is 340 g/mol. The fraction of sp³-hybridized carbons (Fsp3) is 1.00. The summed E-state index contributed by atoms with van der Waals surface area (Å²) in [5.74, 6) is 2.51. The maximum Gasteiger partial charge on any atom is 0.397 e. The molecule has 0 aromatic carbocycles. The largest absolute Gasteiger partial charge is 0.397 e. The zero-order valence-electron chi connectivity index (χ0n) is 15.4. The normalized spacial score (nSPS) is 53.0. The van der Waals surface area contributed by atoms with E-state index >= 15 is 0 Å². The van der Waals surface area contributed by atoms with Gasteiger partial charge in [-0.1, -0.05) is 13.8 Å². The average molecular weight is 373 g/mol. The molecule has 0 spiro atoms. The number of rotatable bonds is 2. The summed E-state index contributed by atoms with van der Waals surface area (Å²) in [6.45, 7) is 4.71. The third kappa shape index (κ3) is 2.88. The minimum Gasteiger partial charge on any atom is -0.393 e. The van der Waals surface area contributed by atoms with Crippen LogP contribution in [0.5, 0.6) is 0 Å². The number of aliphatic hydroxyl groups is 1. The Morgan fingerprint density at radius 3 is 2.32 bits per heavy atom. The zero-order chi connectivity index (χ0) is 18.0. The van der Waals surface area contributed by atoms with Crippen molar-refractivity contribution < 1.29 is 22.3 Å². The van der Waals surface area contributed by atoms with E-state index in [1.54, 1.807) is 0 Å². The molecule has 0 amide bonds. The highest BCUT2D eigenvalue weighted by Gasteiger charge is 2.60. The summed E-state index contributed by atoms with van der Waals surface area (Å²) in [5, 5.41) is 10.5. The van der Waals surface area contributed by atoms with E-state index in [4.69, 9.17) is 8.74 Å². The van der Waals surface area contributed by atoms with E-state index in [0.717, 1.165) is 38.5 Å². The Kier molecular flexibility index (Phi) is 4.31. The van der Waals surface area contributed by atoms with E-state index in [-0.39, 0.29) is 23.0 Å². The fourth-order valence-electron chi connectivity index (χ4n) is 7.45. The van der Waals surface area contributed by atoms with Crippen LogP contribution in [0.3, 0.4) is 0 Å². The van der Waals surface area contributed by atoms with Crippen molar-refractivity contribution in [2.75, 3.05) is 0 Å².